The van der Waals surface area contributed by atoms with Gasteiger partial charge in [-0.25, -0.2) is 22.9 Å². The van der Waals surface area contributed by atoms with Crippen molar-refractivity contribution in [1.82, 2.24) is 9.55 Å². The van der Waals surface area contributed by atoms with Crippen LogP contribution in [0.3, 0.4) is 0 Å². The van der Waals surface area contributed by atoms with Gasteiger partial charge in [0.25, 0.3) is 0 Å². The number of rotatable bonds is 11. The summed E-state index contributed by atoms with van der Waals surface area (Å²) in [5, 5.41) is 10.6. The molecule has 0 aromatic carbocycles. The third kappa shape index (κ3) is 7.72. The number of alkyl halides is 1. The number of ether oxygens (including phenoxy) is 1. The van der Waals surface area contributed by atoms with Crippen molar-refractivity contribution >= 4 is 29.3 Å². The van der Waals surface area contributed by atoms with Gasteiger partial charge >= 0.3 is 29.2 Å². The number of hydrogen-bond donors (Lipinski definition) is 6. The molecule has 1 aliphatic heterocycles. The van der Waals surface area contributed by atoms with E-state index in [4.69, 9.17) is 20.3 Å². The number of nitrogens with zero attached hydrogens (tertiary/aromatic N) is 2. The molecule has 34 heavy (non-hydrogen) atoms. The Morgan fingerprint density at radius 1 is 1.24 bits per heavy atom. The van der Waals surface area contributed by atoms with Crippen molar-refractivity contribution in [3.05, 3.63) is 22.7 Å². The van der Waals surface area contributed by atoms with Crippen molar-refractivity contribution in [1.29, 1.82) is 0 Å². The number of nitrogens with two attached hydrogens (primary N) is 1. The SMILES string of the molecule is CC(C)CCC1(COP(=O)(O)OP(=O)(O)OP(=O)(O)O)OC(n2ccc(N)nc2=O)C(F)C1O. The minimum Gasteiger partial charge on any atom is -0.387 e. The number of hydrogen-bond acceptors (Lipinski definition) is 11. The molecule has 196 valence electrons. The summed E-state index contributed by atoms with van der Waals surface area (Å²) in [5.74, 6) is -0.189. The number of halogens is 1. The summed E-state index contributed by atoms with van der Waals surface area (Å²) in [6, 6.07) is 1.17. The van der Waals surface area contributed by atoms with E-state index in [9.17, 15) is 33.4 Å². The van der Waals surface area contributed by atoms with Crippen LogP contribution in [0.1, 0.15) is 32.9 Å². The van der Waals surface area contributed by atoms with Crippen LogP contribution < -0.4 is 11.4 Å². The first-order valence-electron chi connectivity index (χ1n) is 9.49. The van der Waals surface area contributed by atoms with Crippen LogP contribution in [0.4, 0.5) is 10.2 Å². The molecule has 20 heteroatoms. The molecule has 7 N–H and O–H groups in total. The van der Waals surface area contributed by atoms with Crippen molar-refractivity contribution in [2.75, 3.05) is 12.3 Å². The van der Waals surface area contributed by atoms with Gasteiger partial charge < -0.3 is 35.2 Å². The lowest BCUT2D eigenvalue weighted by Crippen LogP contribution is -2.46. The second-order valence-electron chi connectivity index (χ2n) is 7.80. The van der Waals surface area contributed by atoms with Crippen LogP contribution in [0.25, 0.3) is 0 Å². The minimum absolute atomic E-state index is 0.0304. The van der Waals surface area contributed by atoms with Gasteiger partial charge in [-0.1, -0.05) is 13.8 Å². The fourth-order valence-electron chi connectivity index (χ4n) is 3.08. The highest BCUT2D eigenvalue weighted by Gasteiger charge is 2.57. The summed E-state index contributed by atoms with van der Waals surface area (Å²) < 4.78 is 67.6. The van der Waals surface area contributed by atoms with E-state index in [1.165, 1.54) is 6.07 Å². The maximum Gasteiger partial charge on any atom is 0.490 e. The smallest absolute Gasteiger partial charge is 0.387 e. The summed E-state index contributed by atoms with van der Waals surface area (Å²) in [6.45, 7) is 2.45. The van der Waals surface area contributed by atoms with Gasteiger partial charge in [-0.2, -0.15) is 13.6 Å². The highest BCUT2D eigenvalue weighted by molar-refractivity contribution is 7.66. The maximum atomic E-state index is 15.0. The van der Waals surface area contributed by atoms with Gasteiger partial charge in [0, 0.05) is 6.20 Å². The van der Waals surface area contributed by atoms with Crippen LogP contribution in [0, 0.1) is 5.92 Å². The standard InChI is InChI=1S/C14H25FN3O13P3/c1-8(2)3-5-14(7-28-33(24,25)31-34(26,27)30-32(21,22)23)11(19)10(15)12(29-14)18-6-4-9(16)17-13(18)20/h4,6,8,10-12,19H,3,5,7H2,1-2H3,(H,24,25)(H,26,27)(H2,16,17,20)(H2,21,22,23). The molecule has 1 fully saturated rings. The van der Waals surface area contributed by atoms with E-state index < -0.39 is 59.9 Å². The molecule has 2 rings (SSSR count). The Morgan fingerprint density at radius 2 is 1.85 bits per heavy atom. The van der Waals surface area contributed by atoms with E-state index in [0.717, 1.165) is 6.20 Å². The molecule has 0 bridgehead atoms. The zero-order chi connectivity index (χ0) is 26.1. The normalized spacial score (nSPS) is 29.1. The topological polar surface area (TPSA) is 250 Å². The number of aliphatic hydroxyl groups excluding tert-OH is 1. The number of phosphoric ester groups is 1. The summed E-state index contributed by atoms with van der Waals surface area (Å²) in [5.41, 5.74) is 2.34. The highest BCUT2D eigenvalue weighted by Crippen LogP contribution is 2.66. The molecular weight excluding hydrogens is 530 g/mol. The number of aromatic nitrogens is 2. The molecule has 1 saturated heterocycles. The van der Waals surface area contributed by atoms with Gasteiger partial charge in [0.2, 0.25) is 0 Å². The van der Waals surface area contributed by atoms with Gasteiger partial charge in [-0.3, -0.25) is 9.09 Å². The average molecular weight is 555 g/mol. The Labute approximate surface area is 191 Å². The van der Waals surface area contributed by atoms with E-state index in [1.54, 1.807) is 13.8 Å². The number of phosphoric acid groups is 3. The van der Waals surface area contributed by atoms with E-state index >= 15 is 4.39 Å². The number of aliphatic hydroxyl groups is 1. The second kappa shape index (κ2) is 10.5. The Kier molecular flexibility index (Phi) is 9.02. The zero-order valence-electron chi connectivity index (χ0n) is 17.8. The quantitative estimate of drug-likeness (QED) is 0.204. The van der Waals surface area contributed by atoms with Crippen LogP contribution in [-0.4, -0.2) is 58.7 Å². The molecule has 6 atom stereocenters. The Balaban J connectivity index is 2.30. The molecular formula is C14H25FN3O13P3. The molecule has 2 heterocycles. The van der Waals surface area contributed by atoms with E-state index in [1.807, 2.05) is 0 Å². The van der Waals surface area contributed by atoms with Gasteiger partial charge in [0.1, 0.15) is 17.5 Å². The maximum absolute atomic E-state index is 15.0. The highest BCUT2D eigenvalue weighted by atomic mass is 31.3. The van der Waals surface area contributed by atoms with Crippen molar-refractivity contribution in [3.63, 3.8) is 0 Å². The molecule has 6 unspecified atom stereocenters. The van der Waals surface area contributed by atoms with Gasteiger partial charge in [-0.05, 0) is 24.8 Å². The Hall–Kier alpha value is -1.06. The molecule has 0 aliphatic carbocycles. The first-order chi connectivity index (χ1) is 15.4. The Bertz CT molecular complexity index is 1080. The van der Waals surface area contributed by atoms with Crippen molar-refractivity contribution in [2.24, 2.45) is 5.92 Å². The minimum atomic E-state index is -5.79. The fourth-order valence-corrected chi connectivity index (χ4v) is 6.15. The third-order valence-corrected chi connectivity index (χ3v) is 8.41. The molecule has 0 saturated carbocycles. The molecule has 1 aromatic rings. The summed E-state index contributed by atoms with van der Waals surface area (Å²) in [7, 11) is -17.0. The zero-order valence-corrected chi connectivity index (χ0v) is 20.5. The predicted octanol–water partition coefficient (Wildman–Crippen LogP) is 0.572. The third-order valence-electron chi connectivity index (χ3n) is 4.63. The molecule has 1 aromatic heterocycles. The first-order valence-corrected chi connectivity index (χ1v) is 14.0. The lowest BCUT2D eigenvalue weighted by Gasteiger charge is -2.32. The van der Waals surface area contributed by atoms with Gasteiger partial charge in [-0.15, -0.1) is 0 Å². The molecule has 0 radical (unpaired) electrons. The van der Waals surface area contributed by atoms with Crippen LogP contribution >= 0.6 is 23.5 Å². The van der Waals surface area contributed by atoms with E-state index in [2.05, 4.69) is 18.1 Å². The molecule has 1 aliphatic rings. The lowest BCUT2D eigenvalue weighted by molar-refractivity contribution is -0.132. The van der Waals surface area contributed by atoms with E-state index in [0.29, 0.717) is 4.57 Å². The molecule has 0 spiro atoms. The van der Waals surface area contributed by atoms with Crippen LogP contribution in [0.15, 0.2) is 17.1 Å². The molecule has 16 nitrogen and oxygen atoms in total. The largest absolute Gasteiger partial charge is 0.490 e. The second-order valence-corrected chi connectivity index (χ2v) is 12.2. The monoisotopic (exact) mass is 555 g/mol. The molecule has 0 amide bonds. The lowest BCUT2D eigenvalue weighted by atomic mass is 9.89. The number of anilines is 1. The van der Waals surface area contributed by atoms with Crippen LogP contribution in [-0.2, 0) is 31.6 Å². The summed E-state index contributed by atoms with van der Waals surface area (Å²) in [4.78, 5) is 51.7. The average Bonchev–Trinajstić information content (AvgIpc) is 2.88. The van der Waals surface area contributed by atoms with Gasteiger partial charge in [0.15, 0.2) is 12.4 Å². The summed E-state index contributed by atoms with van der Waals surface area (Å²) >= 11 is 0. The fraction of sp³-hybridized carbons (Fsp3) is 0.714. The predicted molar refractivity (Wildman–Crippen MR) is 111 cm³/mol. The van der Waals surface area contributed by atoms with Crippen molar-refractivity contribution in [3.8, 4) is 0 Å². The Morgan fingerprint density at radius 3 is 2.38 bits per heavy atom. The van der Waals surface area contributed by atoms with Crippen molar-refractivity contribution < 1.29 is 60.6 Å². The summed E-state index contributed by atoms with van der Waals surface area (Å²) in [6.07, 6.45) is -4.85. The number of nitrogen functional groups attached to an aromatic ring is 1. The van der Waals surface area contributed by atoms with E-state index in [-0.39, 0.29) is 24.6 Å². The van der Waals surface area contributed by atoms with Crippen LogP contribution in [0.2, 0.25) is 0 Å². The van der Waals surface area contributed by atoms with Crippen LogP contribution in [0.5, 0.6) is 0 Å². The first kappa shape index (κ1) is 29.2. The van der Waals surface area contributed by atoms with Crippen molar-refractivity contribution in [2.45, 2.75) is 50.8 Å². The van der Waals surface area contributed by atoms with Gasteiger partial charge in [0.05, 0.1) is 6.61 Å².